The summed E-state index contributed by atoms with van der Waals surface area (Å²) in [6.07, 6.45) is 2.25. The zero-order valence-electron chi connectivity index (χ0n) is 5.76. The van der Waals surface area contributed by atoms with Crippen molar-refractivity contribution in [1.29, 1.82) is 0 Å². The molecule has 0 saturated carbocycles. The van der Waals surface area contributed by atoms with Gasteiger partial charge in [-0.3, -0.25) is 9.59 Å². The first kappa shape index (κ1) is 8.01. The number of ketones is 2. The molecular weight excluding hydrogens is 168 g/mol. The third kappa shape index (κ3) is 1.33. The van der Waals surface area contributed by atoms with Crippen LogP contribution in [0.5, 0.6) is 0 Å². The molecule has 0 N–H and O–H groups in total. The fourth-order valence-corrected chi connectivity index (χ4v) is 0.944. The molecule has 0 fully saturated rings. The van der Waals surface area contributed by atoms with Crippen molar-refractivity contribution in [2.45, 2.75) is 0 Å². The quantitative estimate of drug-likeness (QED) is 0.550. The van der Waals surface area contributed by atoms with Gasteiger partial charge < -0.3 is 4.74 Å². The van der Waals surface area contributed by atoms with Crippen LogP contribution in [0.1, 0.15) is 0 Å². The number of carbonyl (C=O) groups is 2. The molecule has 3 nitrogen and oxygen atoms in total. The number of ether oxygens (including phenoxy) is 1. The van der Waals surface area contributed by atoms with Crippen LogP contribution in [0.3, 0.4) is 0 Å². The van der Waals surface area contributed by atoms with Crippen LogP contribution in [0, 0.1) is 0 Å². The van der Waals surface area contributed by atoms with E-state index in [9.17, 15) is 9.59 Å². The number of halogens is 1. The van der Waals surface area contributed by atoms with Gasteiger partial charge in [0.1, 0.15) is 5.03 Å². The van der Waals surface area contributed by atoms with Crippen molar-refractivity contribution in [3.63, 3.8) is 0 Å². The lowest BCUT2D eigenvalue weighted by Crippen LogP contribution is -2.12. The highest BCUT2D eigenvalue weighted by atomic mass is 35.5. The van der Waals surface area contributed by atoms with E-state index in [1.165, 1.54) is 7.11 Å². The maximum atomic E-state index is 10.9. The molecule has 0 aromatic carbocycles. The fraction of sp³-hybridized carbons (Fsp3) is 0.143. The molecule has 1 aliphatic rings. The van der Waals surface area contributed by atoms with Crippen molar-refractivity contribution >= 4 is 23.2 Å². The summed E-state index contributed by atoms with van der Waals surface area (Å²) in [6.45, 7) is 0. The van der Waals surface area contributed by atoms with Crippen LogP contribution >= 0.6 is 11.6 Å². The Labute approximate surface area is 68.3 Å². The molecule has 58 valence electrons. The Balaban J connectivity index is 3.09. The monoisotopic (exact) mass is 172 g/mol. The Bertz CT molecular complexity index is 275. The largest absolute Gasteiger partial charge is 0.491 e. The normalized spacial score (nSPS) is 17.6. The van der Waals surface area contributed by atoms with Crippen molar-refractivity contribution in [3.8, 4) is 0 Å². The molecule has 0 bridgehead atoms. The van der Waals surface area contributed by atoms with Gasteiger partial charge in [0.25, 0.3) is 0 Å². The molecule has 0 radical (unpaired) electrons. The second kappa shape index (κ2) is 2.88. The molecule has 11 heavy (non-hydrogen) atoms. The van der Waals surface area contributed by atoms with Crippen molar-refractivity contribution in [2.75, 3.05) is 7.11 Å². The van der Waals surface area contributed by atoms with Gasteiger partial charge >= 0.3 is 0 Å². The van der Waals surface area contributed by atoms with Crippen LogP contribution in [-0.4, -0.2) is 18.7 Å². The Morgan fingerprint density at radius 3 is 2.27 bits per heavy atom. The van der Waals surface area contributed by atoms with Crippen LogP contribution in [0.25, 0.3) is 0 Å². The lowest BCUT2D eigenvalue weighted by atomic mass is 10.1. The molecule has 0 aromatic heterocycles. The van der Waals surface area contributed by atoms with E-state index in [0.717, 1.165) is 12.2 Å². The molecule has 0 unspecified atom stereocenters. The van der Waals surface area contributed by atoms with Gasteiger partial charge in [-0.15, -0.1) is 0 Å². The molecule has 1 rings (SSSR count). The standard InChI is InChI=1S/C7H5ClO3/c1-11-7-5(10)3-2-4(9)6(7)8/h2-3H,1H3. The molecule has 0 aromatic rings. The topological polar surface area (TPSA) is 43.4 Å². The SMILES string of the molecule is COC1=C(Cl)C(=O)C=CC1=O. The molecule has 1 aliphatic carbocycles. The summed E-state index contributed by atoms with van der Waals surface area (Å²) in [4.78, 5) is 21.7. The van der Waals surface area contributed by atoms with Crippen LogP contribution in [0.15, 0.2) is 22.9 Å². The van der Waals surface area contributed by atoms with E-state index in [1.54, 1.807) is 0 Å². The highest BCUT2D eigenvalue weighted by Crippen LogP contribution is 2.17. The summed E-state index contributed by atoms with van der Waals surface area (Å²) in [5.41, 5.74) is 0. The van der Waals surface area contributed by atoms with Gasteiger partial charge in [0.2, 0.25) is 11.6 Å². The minimum absolute atomic E-state index is 0.0841. The summed E-state index contributed by atoms with van der Waals surface area (Å²) >= 11 is 5.46. The van der Waals surface area contributed by atoms with E-state index >= 15 is 0 Å². The first-order chi connectivity index (χ1) is 5.16. The molecule has 4 heteroatoms. The Morgan fingerprint density at radius 1 is 1.27 bits per heavy atom. The minimum atomic E-state index is -0.400. The van der Waals surface area contributed by atoms with E-state index in [2.05, 4.69) is 4.74 Å². The first-order valence-electron chi connectivity index (χ1n) is 2.87. The maximum Gasteiger partial charge on any atom is 0.222 e. The molecular formula is C7H5ClO3. The first-order valence-corrected chi connectivity index (χ1v) is 3.25. The molecule has 0 spiro atoms. The number of allylic oxidation sites excluding steroid dienone is 3. The maximum absolute atomic E-state index is 10.9. The van der Waals surface area contributed by atoms with Crippen LogP contribution in [-0.2, 0) is 14.3 Å². The third-order valence-electron chi connectivity index (χ3n) is 1.23. The summed E-state index contributed by atoms with van der Waals surface area (Å²) < 4.78 is 4.61. The second-order valence-electron chi connectivity index (χ2n) is 1.91. The summed E-state index contributed by atoms with van der Waals surface area (Å²) in [7, 11) is 1.29. The lowest BCUT2D eigenvalue weighted by molar-refractivity contribution is -0.117. The molecule has 0 aliphatic heterocycles. The van der Waals surface area contributed by atoms with Crippen molar-refractivity contribution < 1.29 is 14.3 Å². The van der Waals surface area contributed by atoms with E-state index in [4.69, 9.17) is 11.6 Å². The number of rotatable bonds is 1. The molecule has 0 saturated heterocycles. The van der Waals surface area contributed by atoms with E-state index in [1.807, 2.05) is 0 Å². The average molecular weight is 173 g/mol. The van der Waals surface area contributed by atoms with E-state index in [-0.39, 0.29) is 16.6 Å². The summed E-state index contributed by atoms with van der Waals surface area (Å²) in [5, 5.41) is -0.153. The number of hydrogen-bond acceptors (Lipinski definition) is 3. The summed E-state index contributed by atoms with van der Waals surface area (Å²) in [5.74, 6) is -0.862. The zero-order chi connectivity index (χ0) is 8.43. The summed E-state index contributed by atoms with van der Waals surface area (Å²) in [6, 6.07) is 0. The predicted molar refractivity (Wildman–Crippen MR) is 39.0 cm³/mol. The van der Waals surface area contributed by atoms with Crippen LogP contribution in [0.4, 0.5) is 0 Å². The van der Waals surface area contributed by atoms with Crippen molar-refractivity contribution in [3.05, 3.63) is 22.9 Å². The average Bonchev–Trinajstić information content (AvgIpc) is 1.99. The van der Waals surface area contributed by atoms with Gasteiger partial charge in [0.15, 0.2) is 5.76 Å². The van der Waals surface area contributed by atoms with Gasteiger partial charge in [-0.2, -0.15) is 0 Å². The van der Waals surface area contributed by atoms with Gasteiger partial charge in [-0.25, -0.2) is 0 Å². The molecule has 0 heterocycles. The van der Waals surface area contributed by atoms with Crippen LogP contribution in [0.2, 0.25) is 0 Å². The van der Waals surface area contributed by atoms with Gasteiger partial charge in [0, 0.05) is 0 Å². The van der Waals surface area contributed by atoms with Gasteiger partial charge in [-0.1, -0.05) is 11.6 Å². The lowest BCUT2D eigenvalue weighted by Gasteiger charge is -2.06. The van der Waals surface area contributed by atoms with Crippen LogP contribution < -0.4 is 0 Å². The second-order valence-corrected chi connectivity index (χ2v) is 2.29. The third-order valence-corrected chi connectivity index (χ3v) is 1.59. The highest BCUT2D eigenvalue weighted by Gasteiger charge is 2.21. The fourth-order valence-electron chi connectivity index (χ4n) is 0.710. The van der Waals surface area contributed by atoms with Crippen molar-refractivity contribution in [1.82, 2.24) is 0 Å². The predicted octanol–water partition coefficient (Wildman–Crippen LogP) is 0.791. The molecule has 0 atom stereocenters. The number of carbonyl (C=O) groups excluding carboxylic acids is 2. The minimum Gasteiger partial charge on any atom is -0.491 e. The Hall–Kier alpha value is -1.09. The van der Waals surface area contributed by atoms with Gasteiger partial charge in [-0.05, 0) is 12.2 Å². The highest BCUT2D eigenvalue weighted by molar-refractivity contribution is 6.47. The Kier molecular flexibility index (Phi) is 2.10. The molecule has 0 amide bonds. The van der Waals surface area contributed by atoms with Crippen molar-refractivity contribution in [2.24, 2.45) is 0 Å². The van der Waals surface area contributed by atoms with Gasteiger partial charge in [0.05, 0.1) is 7.11 Å². The van der Waals surface area contributed by atoms with E-state index in [0.29, 0.717) is 0 Å². The smallest absolute Gasteiger partial charge is 0.222 e. The number of hydrogen-bond donors (Lipinski definition) is 0. The zero-order valence-corrected chi connectivity index (χ0v) is 6.51. The Morgan fingerprint density at radius 2 is 1.82 bits per heavy atom. The number of methoxy groups -OCH3 is 1. The van der Waals surface area contributed by atoms with E-state index < -0.39 is 5.78 Å².